The molecule has 0 radical (unpaired) electrons. The zero-order chi connectivity index (χ0) is 15.5. The van der Waals surface area contributed by atoms with Crippen LogP contribution in [0.2, 0.25) is 10.0 Å². The minimum Gasteiger partial charge on any atom is -0.348 e. The van der Waals surface area contributed by atoms with Crippen molar-refractivity contribution in [1.82, 2.24) is 10.3 Å². The Morgan fingerprint density at radius 1 is 1.23 bits per heavy atom. The second-order valence-corrected chi connectivity index (χ2v) is 6.13. The number of fused-ring (bicyclic) bond motifs is 1. The monoisotopic (exact) mass is 352 g/mol. The molecule has 0 atom stereocenters. The van der Waals surface area contributed by atoms with Crippen molar-refractivity contribution < 1.29 is 0 Å². The predicted octanol–water partition coefficient (Wildman–Crippen LogP) is 4.08. The average Bonchev–Trinajstić information content (AvgIpc) is 2.91. The number of hydrogen-bond acceptors (Lipinski definition) is 3. The minimum atomic E-state index is 0.502. The number of rotatable bonds is 3. The summed E-state index contributed by atoms with van der Waals surface area (Å²) >= 11 is 17.3. The molecule has 0 fully saturated rings. The van der Waals surface area contributed by atoms with Crippen molar-refractivity contribution >= 4 is 51.9 Å². The van der Waals surface area contributed by atoms with E-state index in [1.165, 1.54) is 5.56 Å². The van der Waals surface area contributed by atoms with Crippen LogP contribution in [0, 0.1) is 0 Å². The first-order chi connectivity index (χ1) is 10.6. The summed E-state index contributed by atoms with van der Waals surface area (Å²) in [6.07, 6.45) is 0. The number of benzene rings is 2. The first kappa shape index (κ1) is 15.4. The normalized spacial score (nSPS) is 13.4. The van der Waals surface area contributed by atoms with Crippen molar-refractivity contribution in [2.24, 2.45) is 0 Å². The molecule has 2 aromatic rings. The fourth-order valence-corrected chi connectivity index (χ4v) is 2.83. The molecular formula is C15H14Cl2N4S. The van der Waals surface area contributed by atoms with E-state index in [1.807, 2.05) is 17.1 Å². The van der Waals surface area contributed by atoms with Crippen LogP contribution in [0.1, 0.15) is 5.56 Å². The van der Waals surface area contributed by atoms with Crippen molar-refractivity contribution in [3.63, 3.8) is 0 Å². The summed E-state index contributed by atoms with van der Waals surface area (Å²) < 4.78 is 0. The van der Waals surface area contributed by atoms with Gasteiger partial charge in [0.2, 0.25) is 0 Å². The largest absolute Gasteiger partial charge is 0.348 e. The van der Waals surface area contributed by atoms with E-state index >= 15 is 0 Å². The Hall–Kier alpha value is -1.53. The quantitative estimate of drug-likeness (QED) is 0.726. The van der Waals surface area contributed by atoms with E-state index in [4.69, 9.17) is 35.4 Å². The van der Waals surface area contributed by atoms with Crippen LogP contribution in [0.4, 0.5) is 11.4 Å². The smallest absolute Gasteiger partial charge is 0.171 e. The van der Waals surface area contributed by atoms with Crippen LogP contribution in [0.5, 0.6) is 0 Å². The number of para-hydroxylation sites is 1. The number of nitrogens with zero attached hydrogens (tertiary/aromatic N) is 1. The summed E-state index contributed by atoms with van der Waals surface area (Å²) in [5.74, 6) is 0. The van der Waals surface area contributed by atoms with Gasteiger partial charge in [-0.1, -0.05) is 41.4 Å². The Kier molecular flexibility index (Phi) is 4.69. The first-order valence-electron chi connectivity index (χ1n) is 6.71. The van der Waals surface area contributed by atoms with Gasteiger partial charge in [0.25, 0.3) is 0 Å². The number of thiocarbonyl (C=S) groups is 1. The number of hydrogen-bond donors (Lipinski definition) is 3. The van der Waals surface area contributed by atoms with Crippen LogP contribution in [0.25, 0.3) is 0 Å². The lowest BCUT2D eigenvalue weighted by atomic mass is 10.2. The number of hydrazine groups is 1. The highest BCUT2D eigenvalue weighted by molar-refractivity contribution is 7.80. The van der Waals surface area contributed by atoms with Crippen molar-refractivity contribution in [3.05, 3.63) is 58.1 Å². The van der Waals surface area contributed by atoms with Gasteiger partial charge in [-0.3, -0.25) is 0 Å². The highest BCUT2D eigenvalue weighted by atomic mass is 35.5. The molecule has 0 unspecified atom stereocenters. The molecule has 0 amide bonds. The SMILES string of the molecule is S=C(NCN1Cc2ccccc2N1)Nc1ccc(Cl)cc1Cl. The Balaban J connectivity index is 1.51. The Labute approximate surface area is 144 Å². The van der Waals surface area contributed by atoms with E-state index in [0.29, 0.717) is 21.8 Å². The molecule has 0 bridgehead atoms. The predicted molar refractivity (Wildman–Crippen MR) is 96.3 cm³/mol. The van der Waals surface area contributed by atoms with Crippen LogP contribution < -0.4 is 16.1 Å². The van der Waals surface area contributed by atoms with E-state index in [1.54, 1.807) is 18.2 Å². The summed E-state index contributed by atoms with van der Waals surface area (Å²) in [4.78, 5) is 0. The van der Waals surface area contributed by atoms with Gasteiger partial charge < -0.3 is 16.1 Å². The topological polar surface area (TPSA) is 39.3 Å². The third-order valence-corrected chi connectivity index (χ3v) is 4.06. The number of nitrogens with one attached hydrogen (secondary N) is 3. The van der Waals surface area contributed by atoms with Crippen molar-refractivity contribution in [1.29, 1.82) is 0 Å². The highest BCUT2D eigenvalue weighted by Crippen LogP contribution is 2.25. The molecule has 0 saturated carbocycles. The molecule has 1 aliphatic heterocycles. The maximum absolute atomic E-state index is 6.10. The summed E-state index contributed by atoms with van der Waals surface area (Å²) in [6.45, 7) is 1.40. The summed E-state index contributed by atoms with van der Waals surface area (Å²) in [6, 6.07) is 13.4. The molecule has 0 spiro atoms. The maximum atomic E-state index is 6.10. The van der Waals surface area contributed by atoms with Crippen LogP contribution in [-0.2, 0) is 6.54 Å². The zero-order valence-electron chi connectivity index (χ0n) is 11.6. The Morgan fingerprint density at radius 2 is 2.05 bits per heavy atom. The van der Waals surface area contributed by atoms with E-state index < -0.39 is 0 Å². The van der Waals surface area contributed by atoms with Gasteiger partial charge in [0.1, 0.15) is 0 Å². The summed E-state index contributed by atoms with van der Waals surface area (Å²) in [7, 11) is 0. The lowest BCUT2D eigenvalue weighted by Gasteiger charge is -2.18. The van der Waals surface area contributed by atoms with E-state index in [0.717, 1.165) is 17.9 Å². The van der Waals surface area contributed by atoms with Gasteiger partial charge in [-0.15, -0.1) is 0 Å². The summed E-state index contributed by atoms with van der Waals surface area (Å²) in [5.41, 5.74) is 6.43. The van der Waals surface area contributed by atoms with Gasteiger partial charge in [-0.05, 0) is 42.0 Å². The van der Waals surface area contributed by atoms with Crippen LogP contribution in [-0.4, -0.2) is 16.8 Å². The standard InChI is InChI=1S/C15H14Cl2N4S/c16-11-5-6-14(12(17)7-11)19-15(22)18-9-21-8-10-3-1-2-4-13(10)20-21/h1-7,20H,8-9H2,(H2,18,19,22). The number of halogens is 2. The Morgan fingerprint density at radius 3 is 2.82 bits per heavy atom. The van der Waals surface area contributed by atoms with E-state index in [2.05, 4.69) is 28.2 Å². The van der Waals surface area contributed by atoms with Gasteiger partial charge in [0, 0.05) is 11.6 Å². The van der Waals surface area contributed by atoms with Gasteiger partial charge in [-0.25, -0.2) is 0 Å². The molecular weight excluding hydrogens is 339 g/mol. The molecule has 1 heterocycles. The molecule has 0 aromatic heterocycles. The molecule has 3 N–H and O–H groups in total. The maximum Gasteiger partial charge on any atom is 0.171 e. The second-order valence-electron chi connectivity index (χ2n) is 4.88. The fourth-order valence-electron chi connectivity index (χ4n) is 2.20. The summed E-state index contributed by atoms with van der Waals surface area (Å²) in [5, 5.41) is 9.87. The van der Waals surface area contributed by atoms with Crippen LogP contribution in [0.3, 0.4) is 0 Å². The highest BCUT2D eigenvalue weighted by Gasteiger charge is 2.17. The molecule has 3 rings (SSSR count). The lowest BCUT2D eigenvalue weighted by molar-refractivity contribution is 0.337. The minimum absolute atomic E-state index is 0.502. The van der Waals surface area contributed by atoms with Gasteiger partial charge in [0.05, 0.1) is 23.1 Å². The third-order valence-electron chi connectivity index (χ3n) is 3.27. The first-order valence-corrected chi connectivity index (χ1v) is 7.87. The van der Waals surface area contributed by atoms with Gasteiger partial charge in [0.15, 0.2) is 5.11 Å². The molecule has 0 aliphatic carbocycles. The second kappa shape index (κ2) is 6.71. The van der Waals surface area contributed by atoms with E-state index in [-0.39, 0.29) is 0 Å². The Bertz CT molecular complexity index is 683. The molecule has 0 saturated heterocycles. The molecule has 2 aromatic carbocycles. The third kappa shape index (κ3) is 3.62. The molecule has 4 nitrogen and oxygen atoms in total. The molecule has 7 heteroatoms. The van der Waals surface area contributed by atoms with Crippen LogP contribution in [0.15, 0.2) is 42.5 Å². The average molecular weight is 353 g/mol. The van der Waals surface area contributed by atoms with Crippen LogP contribution >= 0.6 is 35.4 Å². The number of anilines is 2. The van der Waals surface area contributed by atoms with Crippen molar-refractivity contribution in [2.45, 2.75) is 6.54 Å². The fraction of sp³-hybridized carbons (Fsp3) is 0.133. The molecule has 114 valence electrons. The molecule has 1 aliphatic rings. The van der Waals surface area contributed by atoms with Crippen molar-refractivity contribution in [2.75, 3.05) is 17.4 Å². The van der Waals surface area contributed by atoms with E-state index in [9.17, 15) is 0 Å². The molecule has 22 heavy (non-hydrogen) atoms. The lowest BCUT2D eigenvalue weighted by Crippen LogP contribution is -2.39. The van der Waals surface area contributed by atoms with Gasteiger partial charge in [-0.2, -0.15) is 5.01 Å². The zero-order valence-corrected chi connectivity index (χ0v) is 13.9. The van der Waals surface area contributed by atoms with Crippen molar-refractivity contribution in [3.8, 4) is 0 Å². The van der Waals surface area contributed by atoms with Gasteiger partial charge >= 0.3 is 0 Å².